The third-order valence-corrected chi connectivity index (χ3v) is 3.25. The second-order valence-corrected chi connectivity index (χ2v) is 5.01. The number of rotatable bonds is 2. The van der Waals surface area contributed by atoms with Gasteiger partial charge < -0.3 is 9.84 Å². The van der Waals surface area contributed by atoms with Crippen LogP contribution >= 0.6 is 0 Å². The van der Waals surface area contributed by atoms with Crippen molar-refractivity contribution in [2.24, 2.45) is 0 Å². The Balaban J connectivity index is 0.00000141. The first kappa shape index (κ1) is 20.7. The third-order valence-electron chi connectivity index (χ3n) is 3.25. The topological polar surface area (TPSA) is 73.2 Å². The van der Waals surface area contributed by atoms with E-state index >= 15 is 0 Å². The molecule has 0 amide bonds. The molecule has 1 heterocycles. The minimum absolute atomic E-state index is 0. The molecule has 0 atom stereocenters. The first-order valence-electron chi connectivity index (χ1n) is 7.05. The Bertz CT molecular complexity index is 583. The molecule has 0 bridgehead atoms. The van der Waals surface area contributed by atoms with E-state index in [9.17, 15) is 9.90 Å². The van der Waals surface area contributed by atoms with Gasteiger partial charge >= 0.3 is 35.5 Å². The molecule has 1 fully saturated rings. The molecular weight excluding hydrogens is 289 g/mol. The van der Waals surface area contributed by atoms with Crippen molar-refractivity contribution < 1.29 is 44.2 Å². The summed E-state index contributed by atoms with van der Waals surface area (Å²) in [4.78, 5) is 11.3. The Morgan fingerprint density at radius 2 is 1.82 bits per heavy atom. The smallest absolute Gasteiger partial charge is 0.872 e. The number of carbonyl (C=O) groups is 1. The van der Waals surface area contributed by atoms with Gasteiger partial charge in [0.15, 0.2) is 0 Å². The van der Waals surface area contributed by atoms with Crippen LogP contribution in [0.3, 0.4) is 0 Å². The predicted octanol–water partition coefficient (Wildman–Crippen LogP) is -0.464. The maximum absolute atomic E-state index is 12.1. The van der Waals surface area contributed by atoms with E-state index in [2.05, 4.69) is 6.07 Å². The normalized spacial score (nSPS) is 15.7. The molecule has 4 nitrogen and oxygen atoms in total. The summed E-state index contributed by atoms with van der Waals surface area (Å²) in [5, 5.41) is 21.1. The van der Waals surface area contributed by atoms with Crippen molar-refractivity contribution in [2.75, 3.05) is 6.61 Å². The third kappa shape index (κ3) is 4.61. The molecular formula is C17H20NNaO3. The number of esters is 1. The van der Waals surface area contributed by atoms with Gasteiger partial charge in [0.05, 0.1) is 18.1 Å². The SMILES string of the molecule is CC.CC(C)(C#N)c1ccc(/C([O-])=C2\CCOC2=O)cc1.[Na+]. The maximum atomic E-state index is 12.1. The van der Waals surface area contributed by atoms with Crippen molar-refractivity contribution in [3.05, 3.63) is 41.0 Å². The van der Waals surface area contributed by atoms with Gasteiger partial charge in [-0.15, -0.1) is 0 Å². The summed E-state index contributed by atoms with van der Waals surface area (Å²) in [6.45, 7) is 7.90. The molecule has 22 heavy (non-hydrogen) atoms. The number of nitriles is 1. The van der Waals surface area contributed by atoms with Gasteiger partial charge in [0.25, 0.3) is 0 Å². The summed E-state index contributed by atoms with van der Waals surface area (Å²) in [6, 6.07) is 9.00. The largest absolute Gasteiger partial charge is 1.00 e. The number of hydrogen-bond donors (Lipinski definition) is 0. The van der Waals surface area contributed by atoms with Crippen LogP contribution in [0, 0.1) is 11.3 Å². The summed E-state index contributed by atoms with van der Waals surface area (Å²) < 4.78 is 4.76. The van der Waals surface area contributed by atoms with Crippen LogP contribution in [-0.4, -0.2) is 12.6 Å². The fraction of sp³-hybridized carbons (Fsp3) is 0.412. The number of ether oxygens (including phenoxy) is 1. The Hall–Kier alpha value is -1.28. The van der Waals surface area contributed by atoms with Gasteiger partial charge in [-0.3, -0.25) is 0 Å². The van der Waals surface area contributed by atoms with Crippen LogP contribution in [0.5, 0.6) is 0 Å². The van der Waals surface area contributed by atoms with E-state index in [1.165, 1.54) is 0 Å². The number of nitrogens with zero attached hydrogens (tertiary/aromatic N) is 1. The van der Waals surface area contributed by atoms with Crippen molar-refractivity contribution in [1.29, 1.82) is 5.26 Å². The van der Waals surface area contributed by atoms with Crippen LogP contribution in [-0.2, 0) is 14.9 Å². The molecule has 0 saturated carbocycles. The molecule has 0 unspecified atom stereocenters. The molecule has 0 radical (unpaired) electrons. The fourth-order valence-electron chi connectivity index (χ4n) is 1.92. The summed E-state index contributed by atoms with van der Waals surface area (Å²) in [7, 11) is 0. The summed E-state index contributed by atoms with van der Waals surface area (Å²) in [5.74, 6) is -0.810. The van der Waals surface area contributed by atoms with Crippen molar-refractivity contribution in [3.63, 3.8) is 0 Å². The molecule has 112 valence electrons. The maximum Gasteiger partial charge on any atom is 1.00 e. The Kier molecular flexibility index (Phi) is 8.47. The monoisotopic (exact) mass is 309 g/mol. The van der Waals surface area contributed by atoms with Gasteiger partial charge in [-0.05, 0) is 25.0 Å². The summed E-state index contributed by atoms with van der Waals surface area (Å²) in [6.07, 6.45) is 0.364. The number of cyclic esters (lactones) is 1. The summed E-state index contributed by atoms with van der Waals surface area (Å²) >= 11 is 0. The van der Waals surface area contributed by atoms with Gasteiger partial charge in [0.2, 0.25) is 0 Å². The Morgan fingerprint density at radius 3 is 2.23 bits per heavy atom. The second-order valence-electron chi connectivity index (χ2n) is 5.01. The molecule has 0 aromatic heterocycles. The molecule has 1 aromatic rings. The zero-order valence-corrected chi connectivity index (χ0v) is 15.9. The molecule has 1 saturated heterocycles. The molecule has 1 aliphatic rings. The van der Waals surface area contributed by atoms with E-state index in [-0.39, 0.29) is 47.5 Å². The Morgan fingerprint density at radius 1 is 1.27 bits per heavy atom. The zero-order chi connectivity index (χ0) is 16.0. The molecule has 5 heteroatoms. The van der Waals surface area contributed by atoms with Crippen molar-refractivity contribution >= 4 is 11.7 Å². The van der Waals surface area contributed by atoms with Crippen LogP contribution in [0.4, 0.5) is 0 Å². The second kappa shape index (κ2) is 8.99. The quantitative estimate of drug-likeness (QED) is 0.321. The van der Waals surface area contributed by atoms with E-state index in [0.29, 0.717) is 12.0 Å². The average molecular weight is 309 g/mol. The minimum Gasteiger partial charge on any atom is -0.872 e. The van der Waals surface area contributed by atoms with Gasteiger partial charge in [-0.25, -0.2) is 4.79 Å². The number of carbonyl (C=O) groups excluding carboxylic acids is 1. The summed E-state index contributed by atoms with van der Waals surface area (Å²) in [5.41, 5.74) is 0.894. The number of benzene rings is 1. The molecule has 1 aromatic carbocycles. The van der Waals surface area contributed by atoms with Gasteiger partial charge in [0.1, 0.15) is 0 Å². The minimum atomic E-state index is -0.596. The molecule has 1 aliphatic heterocycles. The van der Waals surface area contributed by atoms with E-state index in [1.54, 1.807) is 24.3 Å². The van der Waals surface area contributed by atoms with Crippen LogP contribution < -0.4 is 34.7 Å². The first-order chi connectivity index (χ1) is 9.95. The fourth-order valence-corrected chi connectivity index (χ4v) is 1.92. The Labute approximate surface area is 154 Å². The van der Waals surface area contributed by atoms with Crippen molar-refractivity contribution in [2.45, 2.75) is 39.5 Å². The van der Waals surface area contributed by atoms with E-state index < -0.39 is 11.4 Å². The van der Waals surface area contributed by atoms with E-state index in [0.717, 1.165) is 5.56 Å². The first-order valence-corrected chi connectivity index (χ1v) is 7.05. The molecule has 0 spiro atoms. The van der Waals surface area contributed by atoms with Gasteiger partial charge in [-0.1, -0.05) is 43.9 Å². The van der Waals surface area contributed by atoms with Crippen LogP contribution in [0.25, 0.3) is 5.76 Å². The van der Waals surface area contributed by atoms with Crippen molar-refractivity contribution in [3.8, 4) is 6.07 Å². The van der Waals surface area contributed by atoms with Gasteiger partial charge in [-0.2, -0.15) is 5.26 Å². The van der Waals surface area contributed by atoms with Gasteiger partial charge in [0, 0.05) is 12.0 Å². The van der Waals surface area contributed by atoms with E-state index in [4.69, 9.17) is 10.00 Å². The standard InChI is InChI=1S/C15H15NO3.C2H6.Na/c1-15(2,9-16)11-5-3-10(4-6-11)13(17)12-7-8-19-14(12)18;1-2;/h3-6,17H,7-8H2,1-2H3;1-2H3;/q;;+1/p-1/b13-12-;;. The van der Waals surface area contributed by atoms with Crippen molar-refractivity contribution in [1.82, 2.24) is 0 Å². The van der Waals surface area contributed by atoms with Crippen LogP contribution in [0.2, 0.25) is 0 Å². The molecule has 2 rings (SSSR count). The predicted molar refractivity (Wildman–Crippen MR) is 78.9 cm³/mol. The average Bonchev–Trinajstić information content (AvgIpc) is 2.95. The van der Waals surface area contributed by atoms with Crippen LogP contribution in [0.1, 0.15) is 45.2 Å². The molecule has 0 aliphatic carbocycles. The van der Waals surface area contributed by atoms with Crippen LogP contribution in [0.15, 0.2) is 29.8 Å². The molecule has 0 N–H and O–H groups in total. The van der Waals surface area contributed by atoms with E-state index in [1.807, 2.05) is 27.7 Å². The number of hydrogen-bond acceptors (Lipinski definition) is 4. The zero-order valence-electron chi connectivity index (χ0n) is 13.9.